The van der Waals surface area contributed by atoms with Gasteiger partial charge < -0.3 is 4.42 Å². The Balaban J connectivity index is 1.77. The lowest BCUT2D eigenvalue weighted by Crippen LogP contribution is -2.43. The molecule has 2 heterocycles. The van der Waals surface area contributed by atoms with Gasteiger partial charge in [-0.05, 0) is 29.7 Å². The van der Waals surface area contributed by atoms with Gasteiger partial charge in [0.05, 0.1) is 12.8 Å². The van der Waals surface area contributed by atoms with Crippen LogP contribution in [0.2, 0.25) is 0 Å². The summed E-state index contributed by atoms with van der Waals surface area (Å²) in [7, 11) is -1.89. The minimum absolute atomic E-state index is 0.244. The summed E-state index contributed by atoms with van der Waals surface area (Å²) in [5, 5.41) is 0. The first-order valence-electron chi connectivity index (χ1n) is 6.88. The lowest BCUT2D eigenvalue weighted by atomic mass is 10.0. The summed E-state index contributed by atoms with van der Waals surface area (Å²) < 4.78 is 33.3. The van der Waals surface area contributed by atoms with E-state index in [0.29, 0.717) is 18.8 Å². The molecule has 1 aromatic heterocycles. The molecule has 0 fully saturated rings. The molecule has 0 bridgehead atoms. The van der Waals surface area contributed by atoms with Crippen molar-refractivity contribution in [3.8, 4) is 0 Å². The Kier molecular flexibility index (Phi) is 3.84. The highest BCUT2D eigenvalue weighted by atomic mass is 32.2. The average Bonchev–Trinajstić information content (AvgIpc) is 2.99. The van der Waals surface area contributed by atoms with Gasteiger partial charge in [0.2, 0.25) is 0 Å². The molecule has 6 heteroatoms. The van der Waals surface area contributed by atoms with E-state index in [9.17, 15) is 8.42 Å². The fourth-order valence-electron chi connectivity index (χ4n) is 2.57. The van der Waals surface area contributed by atoms with Crippen LogP contribution in [0.3, 0.4) is 0 Å². The number of furan rings is 1. The van der Waals surface area contributed by atoms with E-state index in [1.54, 1.807) is 25.4 Å². The molecule has 0 atom stereocenters. The van der Waals surface area contributed by atoms with E-state index in [1.807, 2.05) is 18.2 Å². The van der Waals surface area contributed by atoms with Crippen molar-refractivity contribution in [1.29, 1.82) is 0 Å². The van der Waals surface area contributed by atoms with E-state index in [2.05, 4.69) is 6.07 Å². The lowest BCUT2D eigenvalue weighted by Gasteiger charge is -2.31. The minimum atomic E-state index is -3.47. The summed E-state index contributed by atoms with van der Waals surface area (Å²) in [6.45, 7) is 1.19. The van der Waals surface area contributed by atoms with Crippen LogP contribution in [0.5, 0.6) is 0 Å². The van der Waals surface area contributed by atoms with Gasteiger partial charge in [0, 0.05) is 20.1 Å². The van der Waals surface area contributed by atoms with E-state index in [-0.39, 0.29) is 6.54 Å². The molecular formula is C15H18N2O3S. The zero-order chi connectivity index (χ0) is 14.9. The van der Waals surface area contributed by atoms with Crippen molar-refractivity contribution in [2.45, 2.75) is 19.5 Å². The standard InChI is InChI=1S/C15H18N2O3S/c1-16(12-15-7-4-10-20-15)21(18,19)17-9-8-13-5-2-3-6-14(13)11-17/h2-7,10H,8-9,11-12H2,1H3. The van der Waals surface area contributed by atoms with Crippen LogP contribution in [0.1, 0.15) is 16.9 Å². The van der Waals surface area contributed by atoms with Crippen LogP contribution in [0.15, 0.2) is 47.1 Å². The minimum Gasteiger partial charge on any atom is -0.468 e. The summed E-state index contributed by atoms with van der Waals surface area (Å²) in [6.07, 6.45) is 2.30. The molecule has 0 saturated heterocycles. The molecule has 3 rings (SSSR count). The molecule has 1 aromatic carbocycles. The van der Waals surface area contributed by atoms with Crippen LogP contribution in [0, 0.1) is 0 Å². The third-order valence-electron chi connectivity index (χ3n) is 3.77. The molecule has 5 nitrogen and oxygen atoms in total. The molecule has 0 N–H and O–H groups in total. The van der Waals surface area contributed by atoms with Gasteiger partial charge in [-0.3, -0.25) is 0 Å². The Morgan fingerprint density at radius 3 is 2.67 bits per heavy atom. The highest BCUT2D eigenvalue weighted by molar-refractivity contribution is 7.86. The lowest BCUT2D eigenvalue weighted by molar-refractivity contribution is 0.330. The van der Waals surface area contributed by atoms with Crippen LogP contribution >= 0.6 is 0 Å². The second-order valence-electron chi connectivity index (χ2n) is 5.20. The summed E-state index contributed by atoms with van der Waals surface area (Å²) in [6, 6.07) is 11.5. The number of rotatable bonds is 4. The molecule has 0 amide bonds. The molecule has 0 saturated carbocycles. The molecule has 0 spiro atoms. The largest absolute Gasteiger partial charge is 0.468 e. The normalized spacial score (nSPS) is 16.1. The summed E-state index contributed by atoms with van der Waals surface area (Å²) in [5.41, 5.74) is 2.32. The first kappa shape index (κ1) is 14.3. The van der Waals surface area contributed by atoms with E-state index in [1.165, 1.54) is 14.2 Å². The fourth-order valence-corrected chi connectivity index (χ4v) is 3.88. The van der Waals surface area contributed by atoms with Crippen LogP contribution < -0.4 is 0 Å². The van der Waals surface area contributed by atoms with E-state index >= 15 is 0 Å². The SMILES string of the molecule is CN(Cc1ccco1)S(=O)(=O)N1CCc2ccccc2C1. The van der Waals surface area contributed by atoms with Gasteiger partial charge >= 0.3 is 0 Å². The second-order valence-corrected chi connectivity index (χ2v) is 7.23. The number of hydrogen-bond donors (Lipinski definition) is 0. The maximum atomic E-state index is 12.6. The van der Waals surface area contributed by atoms with Crippen LogP contribution in [-0.2, 0) is 29.7 Å². The van der Waals surface area contributed by atoms with Crippen LogP contribution in [0.25, 0.3) is 0 Å². The zero-order valence-corrected chi connectivity index (χ0v) is 12.7. The van der Waals surface area contributed by atoms with Crippen molar-refractivity contribution in [2.24, 2.45) is 0 Å². The van der Waals surface area contributed by atoms with Crippen molar-refractivity contribution in [2.75, 3.05) is 13.6 Å². The number of hydrogen-bond acceptors (Lipinski definition) is 3. The third-order valence-corrected chi connectivity index (χ3v) is 5.66. The van der Waals surface area contributed by atoms with E-state index < -0.39 is 10.2 Å². The smallest absolute Gasteiger partial charge is 0.282 e. The molecule has 0 unspecified atom stereocenters. The monoisotopic (exact) mass is 306 g/mol. The summed E-state index contributed by atoms with van der Waals surface area (Å²) in [4.78, 5) is 0. The van der Waals surface area contributed by atoms with Crippen LogP contribution in [-0.4, -0.2) is 30.6 Å². The Hall–Kier alpha value is -1.63. The van der Waals surface area contributed by atoms with Gasteiger partial charge in [0.15, 0.2) is 0 Å². The first-order chi connectivity index (χ1) is 10.1. The molecule has 112 valence electrons. The number of benzene rings is 1. The Morgan fingerprint density at radius 1 is 1.19 bits per heavy atom. The van der Waals surface area contributed by atoms with Gasteiger partial charge in [-0.2, -0.15) is 17.0 Å². The van der Waals surface area contributed by atoms with Gasteiger partial charge in [-0.1, -0.05) is 24.3 Å². The predicted molar refractivity (Wildman–Crippen MR) is 79.7 cm³/mol. The fraction of sp³-hybridized carbons (Fsp3) is 0.333. The molecule has 0 radical (unpaired) electrons. The van der Waals surface area contributed by atoms with Crippen molar-refractivity contribution >= 4 is 10.2 Å². The first-order valence-corrected chi connectivity index (χ1v) is 8.27. The van der Waals surface area contributed by atoms with Gasteiger partial charge in [0.25, 0.3) is 10.2 Å². The molecular weight excluding hydrogens is 288 g/mol. The van der Waals surface area contributed by atoms with Gasteiger partial charge in [-0.15, -0.1) is 0 Å². The molecule has 21 heavy (non-hydrogen) atoms. The third kappa shape index (κ3) is 2.88. The Morgan fingerprint density at radius 2 is 1.95 bits per heavy atom. The van der Waals surface area contributed by atoms with Crippen LogP contribution in [0.4, 0.5) is 0 Å². The highest BCUT2D eigenvalue weighted by Crippen LogP contribution is 2.22. The highest BCUT2D eigenvalue weighted by Gasteiger charge is 2.30. The Bertz CT molecular complexity index is 710. The second kappa shape index (κ2) is 5.63. The van der Waals surface area contributed by atoms with Crippen molar-refractivity contribution in [1.82, 2.24) is 8.61 Å². The van der Waals surface area contributed by atoms with Crippen molar-refractivity contribution in [3.05, 3.63) is 59.5 Å². The number of nitrogens with zero attached hydrogens (tertiary/aromatic N) is 2. The summed E-state index contributed by atoms with van der Waals surface area (Å²) >= 11 is 0. The van der Waals surface area contributed by atoms with Crippen molar-refractivity contribution < 1.29 is 12.8 Å². The predicted octanol–water partition coefficient (Wildman–Crippen LogP) is 2.01. The average molecular weight is 306 g/mol. The van der Waals surface area contributed by atoms with Crippen molar-refractivity contribution in [3.63, 3.8) is 0 Å². The quantitative estimate of drug-likeness (QED) is 0.868. The number of fused-ring (bicyclic) bond motifs is 1. The van der Waals surface area contributed by atoms with E-state index in [0.717, 1.165) is 12.0 Å². The molecule has 1 aliphatic heterocycles. The summed E-state index contributed by atoms with van der Waals surface area (Å²) in [5.74, 6) is 0.637. The Labute approximate surface area is 125 Å². The van der Waals surface area contributed by atoms with Gasteiger partial charge in [0.1, 0.15) is 5.76 Å². The topological polar surface area (TPSA) is 53.8 Å². The maximum absolute atomic E-state index is 12.6. The molecule has 2 aromatic rings. The zero-order valence-electron chi connectivity index (χ0n) is 11.9. The van der Waals surface area contributed by atoms with Gasteiger partial charge in [-0.25, -0.2) is 0 Å². The van der Waals surface area contributed by atoms with E-state index in [4.69, 9.17) is 4.42 Å². The molecule has 0 aliphatic carbocycles. The maximum Gasteiger partial charge on any atom is 0.282 e. The molecule has 1 aliphatic rings.